The second-order valence-corrected chi connectivity index (χ2v) is 17.5. The topological polar surface area (TPSA) is 64.5 Å². The lowest BCUT2D eigenvalue weighted by molar-refractivity contribution is 0.754. The zero-order valence-electron chi connectivity index (χ0n) is 36.9. The third kappa shape index (κ3) is 6.83. The minimum Gasteiger partial charge on any atom is -0.228 e. The summed E-state index contributed by atoms with van der Waals surface area (Å²) in [5.41, 5.74) is 20.1. The van der Waals surface area contributed by atoms with Crippen molar-refractivity contribution in [2.45, 2.75) is 11.8 Å². The van der Waals surface area contributed by atoms with Gasteiger partial charge in [-0.25, -0.2) is 24.9 Å². The smallest absolute Gasteiger partial charge is 0.164 e. The lowest BCUT2D eigenvalue weighted by Crippen LogP contribution is -2.27. The molecule has 0 saturated heterocycles. The van der Waals surface area contributed by atoms with Gasteiger partial charge in [-0.05, 0) is 73.8 Å². The van der Waals surface area contributed by atoms with Crippen molar-refractivity contribution < 1.29 is 0 Å². The van der Waals surface area contributed by atoms with Crippen LogP contribution in [0.4, 0.5) is 0 Å². The number of hydrogen-bond acceptors (Lipinski definition) is 5. The molecule has 0 N–H and O–H groups in total. The standard InChI is InChI=1S/C63H41N5/c1-5-19-40(20-6-1)46-27-13-15-29-48(46)57-39-56(64-60(65-57)42-23-9-3-10-24-42)44-33-35-51-54(37-44)58-49-30-16-17-31-50(49)59(51)55-38-45(34-36-52(55)58)62-66-61(43-25-11-4-12-26-43)67-63(68-62)53-32-18-14-28-47(53)41-21-7-2-8-22-41/h1-39,58-59H. The van der Waals surface area contributed by atoms with Crippen LogP contribution in [0, 0.1) is 0 Å². The molecule has 0 spiro atoms. The maximum absolute atomic E-state index is 5.30. The van der Waals surface area contributed by atoms with Gasteiger partial charge in [0.1, 0.15) is 0 Å². The largest absolute Gasteiger partial charge is 0.228 e. The van der Waals surface area contributed by atoms with Gasteiger partial charge in [-0.15, -0.1) is 0 Å². The van der Waals surface area contributed by atoms with Crippen molar-refractivity contribution in [1.82, 2.24) is 24.9 Å². The Hall–Kier alpha value is -8.93. The Bertz CT molecular complexity index is 3440. The lowest BCUT2D eigenvalue weighted by atomic mass is 9.60. The van der Waals surface area contributed by atoms with Crippen LogP contribution < -0.4 is 0 Å². The molecule has 14 rings (SSSR count). The average molecular weight is 868 g/mol. The normalized spacial score (nSPS) is 14.2. The summed E-state index contributed by atoms with van der Waals surface area (Å²) in [7, 11) is 0. The van der Waals surface area contributed by atoms with E-state index < -0.39 is 0 Å². The Balaban J connectivity index is 0.943. The van der Waals surface area contributed by atoms with Crippen LogP contribution in [0.2, 0.25) is 0 Å². The number of benzene rings is 9. The molecule has 5 heteroatoms. The highest BCUT2D eigenvalue weighted by molar-refractivity contribution is 5.85. The van der Waals surface area contributed by atoms with E-state index in [0.717, 1.165) is 67.0 Å². The van der Waals surface area contributed by atoms with Gasteiger partial charge in [0, 0.05) is 45.2 Å². The molecular formula is C63H41N5. The van der Waals surface area contributed by atoms with Gasteiger partial charge in [-0.3, -0.25) is 0 Å². The van der Waals surface area contributed by atoms with Crippen LogP contribution in [0.25, 0.3) is 90.3 Å². The summed E-state index contributed by atoms with van der Waals surface area (Å²) < 4.78 is 0. The fraction of sp³-hybridized carbons (Fsp3) is 0.0317. The Morgan fingerprint density at radius 3 is 1.13 bits per heavy atom. The predicted octanol–water partition coefficient (Wildman–Crippen LogP) is 15.0. The van der Waals surface area contributed by atoms with E-state index in [2.05, 4.69) is 194 Å². The van der Waals surface area contributed by atoms with E-state index in [0.29, 0.717) is 23.3 Å². The molecule has 9 aromatic carbocycles. The quantitative estimate of drug-likeness (QED) is 0.152. The summed E-state index contributed by atoms with van der Waals surface area (Å²) in [5.74, 6) is 2.69. The third-order valence-electron chi connectivity index (χ3n) is 13.6. The Labute approximate surface area is 395 Å². The SMILES string of the molecule is c1ccc(-c2nc(-c3ccc4c(c3)C3c5ccccc5C4c4cc(-c5nc(-c6ccccc6)nc(-c6ccccc6-c6ccccc6)n5)ccc43)cc(-c3ccccc3-c3ccccc3)n2)cc1. The number of nitrogens with zero attached hydrogens (tertiary/aromatic N) is 5. The summed E-state index contributed by atoms with van der Waals surface area (Å²) in [4.78, 5) is 26.1. The first-order valence-corrected chi connectivity index (χ1v) is 23.1. The van der Waals surface area contributed by atoms with Gasteiger partial charge in [-0.1, -0.05) is 218 Å². The van der Waals surface area contributed by atoms with Crippen LogP contribution in [0.3, 0.4) is 0 Å². The second-order valence-electron chi connectivity index (χ2n) is 17.5. The van der Waals surface area contributed by atoms with E-state index in [4.69, 9.17) is 24.9 Å². The van der Waals surface area contributed by atoms with Crippen molar-refractivity contribution in [3.63, 3.8) is 0 Å². The van der Waals surface area contributed by atoms with Gasteiger partial charge in [0.05, 0.1) is 11.4 Å². The van der Waals surface area contributed by atoms with E-state index in [9.17, 15) is 0 Å². The van der Waals surface area contributed by atoms with Gasteiger partial charge < -0.3 is 0 Å². The molecule has 3 aliphatic rings. The van der Waals surface area contributed by atoms with E-state index in [1.165, 1.54) is 33.4 Å². The highest BCUT2D eigenvalue weighted by Gasteiger charge is 2.41. The van der Waals surface area contributed by atoms with Crippen LogP contribution in [0.1, 0.15) is 45.2 Å². The summed E-state index contributed by atoms with van der Waals surface area (Å²) >= 11 is 0. The first-order valence-electron chi connectivity index (χ1n) is 23.1. The molecule has 2 aromatic heterocycles. The number of rotatable bonds is 8. The average Bonchev–Trinajstić information content (AvgIpc) is 3.43. The first-order chi connectivity index (χ1) is 33.7. The van der Waals surface area contributed by atoms with E-state index in [1.54, 1.807) is 0 Å². The van der Waals surface area contributed by atoms with Crippen LogP contribution >= 0.6 is 0 Å². The summed E-state index contributed by atoms with van der Waals surface area (Å²) in [6.45, 7) is 0. The van der Waals surface area contributed by atoms with Crippen LogP contribution in [0.5, 0.6) is 0 Å². The van der Waals surface area contributed by atoms with Gasteiger partial charge in [0.25, 0.3) is 0 Å². The van der Waals surface area contributed by atoms with Gasteiger partial charge >= 0.3 is 0 Å². The molecule has 0 radical (unpaired) electrons. The lowest BCUT2D eigenvalue weighted by Gasteiger charge is -2.42. The zero-order valence-corrected chi connectivity index (χ0v) is 36.9. The highest BCUT2D eigenvalue weighted by atomic mass is 15.0. The number of hydrogen-bond donors (Lipinski definition) is 0. The molecule has 2 unspecified atom stereocenters. The maximum Gasteiger partial charge on any atom is 0.164 e. The van der Waals surface area contributed by atoms with Gasteiger partial charge in [0.15, 0.2) is 23.3 Å². The summed E-state index contributed by atoms with van der Waals surface area (Å²) in [5, 5.41) is 0. The molecule has 2 bridgehead atoms. The molecule has 318 valence electrons. The predicted molar refractivity (Wildman–Crippen MR) is 274 cm³/mol. The molecule has 0 aliphatic heterocycles. The van der Waals surface area contributed by atoms with Gasteiger partial charge in [-0.2, -0.15) is 0 Å². The Morgan fingerprint density at radius 1 is 0.206 bits per heavy atom. The van der Waals surface area contributed by atoms with Crippen molar-refractivity contribution in [1.29, 1.82) is 0 Å². The third-order valence-corrected chi connectivity index (χ3v) is 13.6. The van der Waals surface area contributed by atoms with Crippen molar-refractivity contribution in [3.8, 4) is 90.3 Å². The maximum atomic E-state index is 5.30. The number of aromatic nitrogens is 5. The zero-order chi connectivity index (χ0) is 45.0. The molecule has 2 atom stereocenters. The van der Waals surface area contributed by atoms with Crippen LogP contribution in [-0.2, 0) is 0 Å². The summed E-state index contributed by atoms with van der Waals surface area (Å²) in [6, 6.07) is 83.4. The molecular weight excluding hydrogens is 827 g/mol. The minimum absolute atomic E-state index is 0.0301. The molecule has 0 saturated carbocycles. The second kappa shape index (κ2) is 16.5. The summed E-state index contributed by atoms with van der Waals surface area (Å²) in [6.07, 6.45) is 0. The molecule has 0 fully saturated rings. The van der Waals surface area contributed by atoms with Crippen molar-refractivity contribution >= 4 is 0 Å². The molecule has 2 heterocycles. The van der Waals surface area contributed by atoms with Gasteiger partial charge in [0.2, 0.25) is 0 Å². The first kappa shape index (κ1) is 39.4. The highest BCUT2D eigenvalue weighted by Crippen LogP contribution is 2.56. The Kier molecular flexibility index (Phi) is 9.57. The van der Waals surface area contributed by atoms with Crippen LogP contribution in [0.15, 0.2) is 237 Å². The molecule has 11 aromatic rings. The van der Waals surface area contributed by atoms with Crippen molar-refractivity contribution in [2.24, 2.45) is 0 Å². The minimum atomic E-state index is 0.0301. The van der Waals surface area contributed by atoms with Crippen molar-refractivity contribution in [3.05, 3.63) is 270 Å². The van der Waals surface area contributed by atoms with Crippen molar-refractivity contribution in [2.75, 3.05) is 0 Å². The fourth-order valence-corrected chi connectivity index (χ4v) is 10.4. The molecule has 3 aliphatic carbocycles. The molecule has 5 nitrogen and oxygen atoms in total. The molecule has 0 amide bonds. The Morgan fingerprint density at radius 2 is 0.574 bits per heavy atom. The van der Waals surface area contributed by atoms with Crippen LogP contribution in [-0.4, -0.2) is 24.9 Å². The van der Waals surface area contributed by atoms with E-state index in [1.807, 2.05) is 42.5 Å². The van der Waals surface area contributed by atoms with E-state index >= 15 is 0 Å². The fourth-order valence-electron chi connectivity index (χ4n) is 10.4. The van der Waals surface area contributed by atoms with E-state index in [-0.39, 0.29) is 11.8 Å². The molecule has 68 heavy (non-hydrogen) atoms. The monoisotopic (exact) mass is 867 g/mol.